The predicted molar refractivity (Wildman–Crippen MR) is 77.6 cm³/mol. The molecule has 0 aliphatic rings. The van der Waals surface area contributed by atoms with Crippen molar-refractivity contribution in [2.24, 2.45) is 5.10 Å². The molecule has 134 valence electrons. The second-order valence-corrected chi connectivity index (χ2v) is 4.88. The summed E-state index contributed by atoms with van der Waals surface area (Å²) in [6, 6.07) is 1.30. The summed E-state index contributed by atoms with van der Waals surface area (Å²) in [7, 11) is 0. The molecule has 0 bridgehead atoms. The lowest BCUT2D eigenvalue weighted by Gasteiger charge is -2.04. The summed E-state index contributed by atoms with van der Waals surface area (Å²) < 4.78 is 38.6. The van der Waals surface area contributed by atoms with E-state index in [4.69, 9.17) is 0 Å². The van der Waals surface area contributed by atoms with Crippen molar-refractivity contribution in [3.05, 3.63) is 40.1 Å². The Labute approximate surface area is 138 Å². The summed E-state index contributed by atoms with van der Waals surface area (Å²) in [5, 5.41) is 17.8. The summed E-state index contributed by atoms with van der Waals surface area (Å²) in [5.74, 6) is -0.706. The van der Waals surface area contributed by atoms with Crippen molar-refractivity contribution in [3.63, 3.8) is 0 Å². The molecular weight excluding hydrogens is 347 g/mol. The molecule has 25 heavy (non-hydrogen) atoms. The van der Waals surface area contributed by atoms with E-state index in [2.05, 4.69) is 20.6 Å². The SMILES string of the molecule is Cc1nc([N+](=O)[O-])cn1CC(=O)N/N=C/c1ccn(CC(F)(F)F)n1. The Morgan fingerprint density at radius 3 is 2.84 bits per heavy atom. The van der Waals surface area contributed by atoms with E-state index in [-0.39, 0.29) is 23.9 Å². The molecular formula is C12H12F3N7O3. The highest BCUT2D eigenvalue weighted by Crippen LogP contribution is 2.16. The van der Waals surface area contributed by atoms with E-state index in [1.165, 1.54) is 17.6 Å². The van der Waals surface area contributed by atoms with Gasteiger partial charge in [-0.2, -0.15) is 23.4 Å². The number of carbonyl (C=O) groups excluding carboxylic acids is 1. The summed E-state index contributed by atoms with van der Waals surface area (Å²) in [6.07, 6.45) is -1.07. The van der Waals surface area contributed by atoms with Crippen molar-refractivity contribution >= 4 is 17.9 Å². The number of hydrogen-bond donors (Lipinski definition) is 1. The number of imidazole rings is 1. The van der Waals surface area contributed by atoms with Crippen LogP contribution in [0.1, 0.15) is 11.5 Å². The fraction of sp³-hybridized carbons (Fsp3) is 0.333. The normalized spacial score (nSPS) is 11.8. The van der Waals surface area contributed by atoms with Crippen LogP contribution in [0.4, 0.5) is 19.0 Å². The predicted octanol–water partition coefficient (Wildman–Crippen LogP) is 1.01. The van der Waals surface area contributed by atoms with Crippen LogP contribution in [0.2, 0.25) is 0 Å². The lowest BCUT2D eigenvalue weighted by atomic mass is 10.5. The Morgan fingerprint density at radius 1 is 1.52 bits per heavy atom. The second kappa shape index (κ2) is 7.11. The molecule has 1 amide bonds. The molecule has 10 nitrogen and oxygen atoms in total. The van der Waals surface area contributed by atoms with Crippen LogP contribution >= 0.6 is 0 Å². The maximum atomic E-state index is 12.2. The number of hydrazone groups is 1. The molecule has 0 atom stereocenters. The number of aromatic nitrogens is 4. The zero-order chi connectivity index (χ0) is 18.6. The van der Waals surface area contributed by atoms with Gasteiger partial charge in [0.2, 0.25) is 5.82 Å². The van der Waals surface area contributed by atoms with Crippen molar-refractivity contribution in [2.75, 3.05) is 0 Å². The fourth-order valence-electron chi connectivity index (χ4n) is 1.82. The van der Waals surface area contributed by atoms with Crippen LogP contribution in [0.3, 0.4) is 0 Å². The molecule has 0 saturated heterocycles. The van der Waals surface area contributed by atoms with Gasteiger partial charge in [0.1, 0.15) is 25.0 Å². The number of nitrogens with zero attached hydrogens (tertiary/aromatic N) is 6. The molecule has 0 unspecified atom stereocenters. The zero-order valence-electron chi connectivity index (χ0n) is 12.8. The average molecular weight is 359 g/mol. The van der Waals surface area contributed by atoms with Gasteiger partial charge in [0.25, 0.3) is 5.91 Å². The van der Waals surface area contributed by atoms with E-state index in [1.54, 1.807) is 0 Å². The average Bonchev–Trinajstić information content (AvgIpc) is 3.05. The highest BCUT2D eigenvalue weighted by molar-refractivity contribution is 5.80. The molecule has 1 N–H and O–H groups in total. The number of nitrogens with one attached hydrogen (secondary N) is 1. The minimum absolute atomic E-state index is 0.124. The van der Waals surface area contributed by atoms with Crippen molar-refractivity contribution in [1.82, 2.24) is 24.8 Å². The molecule has 0 aliphatic carbocycles. The van der Waals surface area contributed by atoms with Gasteiger partial charge in [0.05, 0.1) is 6.21 Å². The maximum Gasteiger partial charge on any atom is 0.408 e. The summed E-state index contributed by atoms with van der Waals surface area (Å²) >= 11 is 0. The number of halogens is 3. The molecule has 0 fully saturated rings. The van der Waals surface area contributed by atoms with Gasteiger partial charge in [-0.15, -0.1) is 0 Å². The first kappa shape index (κ1) is 18.1. The van der Waals surface area contributed by atoms with Crippen LogP contribution in [0.15, 0.2) is 23.6 Å². The van der Waals surface area contributed by atoms with Crippen LogP contribution < -0.4 is 5.43 Å². The quantitative estimate of drug-likeness (QED) is 0.469. The van der Waals surface area contributed by atoms with Gasteiger partial charge in [-0.3, -0.25) is 14.0 Å². The summed E-state index contributed by atoms with van der Waals surface area (Å²) in [5.41, 5.74) is 2.27. The van der Waals surface area contributed by atoms with Crippen LogP contribution in [0.25, 0.3) is 0 Å². The molecule has 2 rings (SSSR count). The number of rotatable bonds is 6. The Hall–Kier alpha value is -3.25. The highest BCUT2D eigenvalue weighted by Gasteiger charge is 2.28. The van der Waals surface area contributed by atoms with Gasteiger partial charge in [-0.05, 0) is 16.0 Å². The third kappa shape index (κ3) is 5.40. The van der Waals surface area contributed by atoms with Gasteiger partial charge in [0.15, 0.2) is 0 Å². The Balaban J connectivity index is 1.89. The van der Waals surface area contributed by atoms with E-state index in [0.29, 0.717) is 4.68 Å². The Kier molecular flexibility index (Phi) is 5.14. The Bertz CT molecular complexity index is 809. The van der Waals surface area contributed by atoms with E-state index in [9.17, 15) is 28.1 Å². The molecule has 2 aromatic heterocycles. The van der Waals surface area contributed by atoms with Gasteiger partial charge in [-0.1, -0.05) is 0 Å². The van der Waals surface area contributed by atoms with E-state index in [0.717, 1.165) is 18.6 Å². The fourth-order valence-corrected chi connectivity index (χ4v) is 1.82. The summed E-state index contributed by atoms with van der Waals surface area (Å²) in [6.45, 7) is 0.00918. The van der Waals surface area contributed by atoms with Gasteiger partial charge >= 0.3 is 12.0 Å². The first-order valence-electron chi connectivity index (χ1n) is 6.74. The minimum atomic E-state index is -4.39. The molecule has 0 spiro atoms. The van der Waals surface area contributed by atoms with E-state index >= 15 is 0 Å². The van der Waals surface area contributed by atoms with Gasteiger partial charge in [-0.25, -0.2) is 5.43 Å². The third-order valence-electron chi connectivity index (χ3n) is 2.85. The van der Waals surface area contributed by atoms with Gasteiger partial charge in [0, 0.05) is 13.1 Å². The largest absolute Gasteiger partial charge is 0.408 e. The van der Waals surface area contributed by atoms with Crippen molar-refractivity contribution in [1.29, 1.82) is 0 Å². The maximum absolute atomic E-state index is 12.2. The topological polar surface area (TPSA) is 120 Å². The zero-order valence-corrected chi connectivity index (χ0v) is 12.8. The Morgan fingerprint density at radius 2 is 2.24 bits per heavy atom. The third-order valence-corrected chi connectivity index (χ3v) is 2.85. The van der Waals surface area contributed by atoms with Crippen molar-refractivity contribution in [2.45, 2.75) is 26.2 Å². The molecule has 0 saturated carbocycles. The minimum Gasteiger partial charge on any atom is -0.358 e. The molecule has 0 radical (unpaired) electrons. The van der Waals surface area contributed by atoms with Crippen LogP contribution in [0, 0.1) is 17.0 Å². The lowest BCUT2D eigenvalue weighted by molar-refractivity contribution is -0.389. The van der Waals surface area contributed by atoms with Crippen molar-refractivity contribution < 1.29 is 22.9 Å². The number of alkyl halides is 3. The van der Waals surface area contributed by atoms with E-state index < -0.39 is 23.6 Å². The first-order chi connectivity index (χ1) is 11.6. The lowest BCUT2D eigenvalue weighted by Crippen LogP contribution is -2.23. The number of amides is 1. The molecule has 0 aromatic carbocycles. The number of nitro groups is 1. The van der Waals surface area contributed by atoms with Crippen molar-refractivity contribution in [3.8, 4) is 0 Å². The van der Waals surface area contributed by atoms with Crippen LogP contribution in [0.5, 0.6) is 0 Å². The highest BCUT2D eigenvalue weighted by atomic mass is 19.4. The standard InChI is InChI=1S/C12H12F3N7O3/c1-8-17-10(22(24)25)5-20(8)6-11(23)18-16-4-9-2-3-21(19-9)7-12(13,14)15/h2-5H,6-7H2,1H3,(H,18,23)/b16-4+. The van der Waals surface area contributed by atoms with Crippen LogP contribution in [-0.2, 0) is 17.9 Å². The molecule has 13 heteroatoms. The smallest absolute Gasteiger partial charge is 0.358 e. The van der Waals surface area contributed by atoms with E-state index in [1.807, 2.05) is 0 Å². The summed E-state index contributed by atoms with van der Waals surface area (Å²) in [4.78, 5) is 25.3. The number of hydrogen-bond acceptors (Lipinski definition) is 6. The first-order valence-corrected chi connectivity index (χ1v) is 6.74. The second-order valence-electron chi connectivity index (χ2n) is 4.88. The molecule has 0 aliphatic heterocycles. The van der Waals surface area contributed by atoms with Crippen LogP contribution in [-0.4, -0.2) is 42.6 Å². The molecule has 2 heterocycles. The number of aryl methyl sites for hydroxylation is 1. The molecule has 2 aromatic rings. The number of carbonyl (C=O) groups is 1. The monoisotopic (exact) mass is 359 g/mol. The van der Waals surface area contributed by atoms with Gasteiger partial charge < -0.3 is 10.1 Å².